The van der Waals surface area contributed by atoms with Crippen LogP contribution < -0.4 is 5.32 Å². The summed E-state index contributed by atoms with van der Waals surface area (Å²) in [5.41, 5.74) is 1.46. The number of nitrogens with one attached hydrogen (secondary N) is 1. The van der Waals surface area contributed by atoms with E-state index in [1.54, 1.807) is 24.3 Å². The van der Waals surface area contributed by atoms with Crippen molar-refractivity contribution in [2.45, 2.75) is 6.92 Å². The van der Waals surface area contributed by atoms with Crippen molar-refractivity contribution in [3.63, 3.8) is 0 Å². The lowest BCUT2D eigenvalue weighted by Gasteiger charge is -2.05. The summed E-state index contributed by atoms with van der Waals surface area (Å²) in [6, 6.07) is 6.95. The van der Waals surface area contributed by atoms with Crippen molar-refractivity contribution in [2.75, 3.05) is 23.9 Å². The van der Waals surface area contributed by atoms with Gasteiger partial charge in [0.1, 0.15) is 9.84 Å². The quantitative estimate of drug-likeness (QED) is 0.790. The van der Waals surface area contributed by atoms with Crippen LogP contribution in [0, 0.1) is 0 Å². The highest BCUT2D eigenvalue weighted by Crippen LogP contribution is 2.09. The fourth-order valence-corrected chi connectivity index (χ4v) is 1.68. The summed E-state index contributed by atoms with van der Waals surface area (Å²) in [6.07, 6.45) is 1.20. The molecule has 0 aliphatic rings. The standard InChI is InChI=1S/C11H15NO3S/c1-9(13)10-3-5-11(6-4-10)12-7-8-16(2,14)15/h3-6,12H,7-8H2,1-2H3. The first-order valence-corrected chi connectivity index (χ1v) is 6.97. The largest absolute Gasteiger partial charge is 0.384 e. The first kappa shape index (κ1) is 12.7. The normalized spacial score (nSPS) is 11.1. The topological polar surface area (TPSA) is 63.2 Å². The zero-order valence-corrected chi connectivity index (χ0v) is 10.2. The van der Waals surface area contributed by atoms with E-state index in [4.69, 9.17) is 0 Å². The average molecular weight is 241 g/mol. The minimum Gasteiger partial charge on any atom is -0.384 e. The molecule has 4 nitrogen and oxygen atoms in total. The fraction of sp³-hybridized carbons (Fsp3) is 0.364. The van der Waals surface area contributed by atoms with Gasteiger partial charge >= 0.3 is 0 Å². The van der Waals surface area contributed by atoms with E-state index in [9.17, 15) is 13.2 Å². The predicted molar refractivity (Wildman–Crippen MR) is 64.6 cm³/mol. The molecule has 16 heavy (non-hydrogen) atoms. The van der Waals surface area contributed by atoms with Crippen LogP contribution in [-0.4, -0.2) is 32.8 Å². The van der Waals surface area contributed by atoms with E-state index in [0.717, 1.165) is 5.69 Å². The van der Waals surface area contributed by atoms with E-state index in [1.165, 1.54) is 13.2 Å². The van der Waals surface area contributed by atoms with Gasteiger partial charge in [-0.1, -0.05) is 0 Å². The minimum absolute atomic E-state index is 0.0164. The second kappa shape index (κ2) is 5.12. The lowest BCUT2D eigenvalue weighted by Crippen LogP contribution is -2.14. The number of hydrogen-bond donors (Lipinski definition) is 1. The highest BCUT2D eigenvalue weighted by atomic mass is 32.2. The Kier molecular flexibility index (Phi) is 4.06. The van der Waals surface area contributed by atoms with Crippen LogP contribution in [0.3, 0.4) is 0 Å². The molecule has 0 saturated carbocycles. The Bertz CT molecular complexity index is 463. The zero-order chi connectivity index (χ0) is 12.2. The molecule has 0 aliphatic heterocycles. The van der Waals surface area contributed by atoms with Gasteiger partial charge in [0.2, 0.25) is 0 Å². The van der Waals surface area contributed by atoms with Crippen molar-refractivity contribution in [2.24, 2.45) is 0 Å². The van der Waals surface area contributed by atoms with Crippen LogP contribution in [0.4, 0.5) is 5.69 Å². The van der Waals surface area contributed by atoms with E-state index < -0.39 is 9.84 Å². The lowest BCUT2D eigenvalue weighted by molar-refractivity contribution is 0.101. The summed E-state index contributed by atoms with van der Waals surface area (Å²) in [6.45, 7) is 1.88. The SMILES string of the molecule is CC(=O)c1ccc(NCCS(C)(=O)=O)cc1. The molecule has 0 bridgehead atoms. The summed E-state index contributed by atoms with van der Waals surface area (Å²) < 4.78 is 21.8. The average Bonchev–Trinajstić information content (AvgIpc) is 2.16. The van der Waals surface area contributed by atoms with Crippen molar-refractivity contribution >= 4 is 21.3 Å². The van der Waals surface area contributed by atoms with Gasteiger partial charge < -0.3 is 5.32 Å². The molecule has 1 aromatic rings. The monoisotopic (exact) mass is 241 g/mol. The Hall–Kier alpha value is -1.36. The molecule has 0 atom stereocenters. The molecule has 5 heteroatoms. The predicted octanol–water partition coefficient (Wildman–Crippen LogP) is 1.35. The maximum Gasteiger partial charge on any atom is 0.159 e. The molecule has 0 amide bonds. The third kappa shape index (κ3) is 4.44. The van der Waals surface area contributed by atoms with Gasteiger partial charge in [-0.15, -0.1) is 0 Å². The first-order chi connectivity index (χ1) is 7.38. The van der Waals surface area contributed by atoms with Crippen molar-refractivity contribution in [1.82, 2.24) is 0 Å². The first-order valence-electron chi connectivity index (χ1n) is 4.91. The van der Waals surface area contributed by atoms with Crippen molar-refractivity contribution in [3.8, 4) is 0 Å². The Morgan fingerprint density at radius 1 is 1.25 bits per heavy atom. The van der Waals surface area contributed by atoms with Crippen molar-refractivity contribution < 1.29 is 13.2 Å². The summed E-state index contributed by atoms with van der Waals surface area (Å²) in [5, 5.41) is 2.98. The van der Waals surface area contributed by atoms with Gasteiger partial charge in [0.25, 0.3) is 0 Å². The van der Waals surface area contributed by atoms with Crippen LogP contribution in [0.5, 0.6) is 0 Å². The van der Waals surface area contributed by atoms with Gasteiger partial charge in [-0.05, 0) is 31.2 Å². The number of hydrogen-bond acceptors (Lipinski definition) is 4. The van der Waals surface area contributed by atoms with E-state index in [2.05, 4.69) is 5.32 Å². The second-order valence-electron chi connectivity index (χ2n) is 3.69. The van der Waals surface area contributed by atoms with Crippen LogP contribution in [0.15, 0.2) is 24.3 Å². The van der Waals surface area contributed by atoms with Gasteiger partial charge in [-0.3, -0.25) is 4.79 Å². The summed E-state index contributed by atoms with van der Waals surface area (Å²) >= 11 is 0. The lowest BCUT2D eigenvalue weighted by atomic mass is 10.1. The number of rotatable bonds is 5. The molecule has 0 aromatic heterocycles. The van der Waals surface area contributed by atoms with E-state index in [1.807, 2.05) is 0 Å². The molecule has 88 valence electrons. The summed E-state index contributed by atoms with van der Waals surface area (Å²) in [4.78, 5) is 11.0. The van der Waals surface area contributed by atoms with Crippen LogP contribution >= 0.6 is 0 Å². The van der Waals surface area contributed by atoms with Crippen LogP contribution in [0.25, 0.3) is 0 Å². The van der Waals surface area contributed by atoms with Crippen LogP contribution in [0.1, 0.15) is 17.3 Å². The fourth-order valence-electron chi connectivity index (χ4n) is 1.20. The molecule has 1 rings (SSSR count). The maximum absolute atomic E-state index is 11.0. The molecule has 0 saturated heterocycles. The highest BCUT2D eigenvalue weighted by Gasteiger charge is 2.02. The van der Waals surface area contributed by atoms with Crippen LogP contribution in [-0.2, 0) is 9.84 Å². The number of carbonyl (C=O) groups excluding carboxylic acids is 1. The van der Waals surface area contributed by atoms with E-state index in [-0.39, 0.29) is 11.5 Å². The molecule has 1 N–H and O–H groups in total. The third-order valence-corrected chi connectivity index (χ3v) is 3.04. The number of carbonyl (C=O) groups is 1. The number of ketones is 1. The Labute approximate surface area is 95.6 Å². The van der Waals surface area contributed by atoms with E-state index in [0.29, 0.717) is 12.1 Å². The Balaban J connectivity index is 2.53. The molecule has 0 unspecified atom stereocenters. The Morgan fingerprint density at radius 2 is 1.81 bits per heavy atom. The van der Waals surface area contributed by atoms with Crippen molar-refractivity contribution in [1.29, 1.82) is 0 Å². The summed E-state index contributed by atoms with van der Waals surface area (Å²) in [5.74, 6) is 0.115. The van der Waals surface area contributed by atoms with Crippen LogP contribution in [0.2, 0.25) is 0 Å². The highest BCUT2D eigenvalue weighted by molar-refractivity contribution is 7.90. The maximum atomic E-state index is 11.0. The van der Waals surface area contributed by atoms with Gasteiger partial charge in [0.15, 0.2) is 5.78 Å². The molecule has 0 heterocycles. The van der Waals surface area contributed by atoms with Gasteiger partial charge in [-0.2, -0.15) is 0 Å². The molecule has 0 fully saturated rings. The third-order valence-electron chi connectivity index (χ3n) is 2.09. The van der Waals surface area contributed by atoms with Gasteiger partial charge in [-0.25, -0.2) is 8.42 Å². The molecule has 0 aliphatic carbocycles. The molecule has 1 aromatic carbocycles. The molecule has 0 spiro atoms. The zero-order valence-electron chi connectivity index (χ0n) is 9.36. The summed E-state index contributed by atoms with van der Waals surface area (Å²) in [7, 11) is -2.93. The molecular formula is C11H15NO3S. The smallest absolute Gasteiger partial charge is 0.159 e. The van der Waals surface area contributed by atoms with E-state index >= 15 is 0 Å². The number of sulfone groups is 1. The molecular weight excluding hydrogens is 226 g/mol. The number of anilines is 1. The second-order valence-corrected chi connectivity index (χ2v) is 5.95. The molecule has 0 radical (unpaired) electrons. The Morgan fingerprint density at radius 3 is 2.25 bits per heavy atom. The number of benzene rings is 1. The van der Waals surface area contributed by atoms with Gasteiger partial charge in [0, 0.05) is 24.1 Å². The minimum atomic E-state index is -2.93. The number of Topliss-reactive ketones (excluding diaryl/α,β-unsaturated/α-hetero) is 1. The van der Waals surface area contributed by atoms with Crippen molar-refractivity contribution in [3.05, 3.63) is 29.8 Å². The van der Waals surface area contributed by atoms with Gasteiger partial charge in [0.05, 0.1) is 5.75 Å².